The number of carbonyl (C=O) groups is 1. The topological polar surface area (TPSA) is 91.4 Å². The monoisotopic (exact) mass is 330 g/mol. The van der Waals surface area contributed by atoms with E-state index in [2.05, 4.69) is 16.3 Å². The van der Waals surface area contributed by atoms with Gasteiger partial charge in [-0.15, -0.1) is 0 Å². The number of nitrogens with zero attached hydrogens (tertiary/aromatic N) is 2. The van der Waals surface area contributed by atoms with E-state index in [0.29, 0.717) is 23.7 Å². The molecule has 0 aliphatic carbocycles. The number of nitrogens with two attached hydrogens (primary N) is 1. The molecule has 0 spiro atoms. The van der Waals surface area contributed by atoms with Crippen LogP contribution < -0.4 is 16.0 Å². The Morgan fingerprint density at radius 3 is 2.92 bits per heavy atom. The minimum atomic E-state index is -0.491. The van der Waals surface area contributed by atoms with Crippen LogP contribution in [-0.4, -0.2) is 31.3 Å². The van der Waals surface area contributed by atoms with Crippen molar-refractivity contribution in [2.75, 3.05) is 30.3 Å². The van der Waals surface area contributed by atoms with Crippen LogP contribution in [0.3, 0.4) is 0 Å². The van der Waals surface area contributed by atoms with E-state index in [9.17, 15) is 4.79 Å². The number of hydrogen-bond donors (Lipinski definition) is 2. The van der Waals surface area contributed by atoms with Gasteiger partial charge in [-0.25, -0.2) is 4.79 Å². The number of amides is 1. The number of rotatable bonds is 3. The molecule has 6 nitrogen and oxygen atoms in total. The fourth-order valence-corrected chi connectivity index (χ4v) is 2.88. The molecule has 1 aliphatic rings. The zero-order valence-electron chi connectivity index (χ0n) is 14.6. The SMILES string of the molecule is CC(C)(C)OC(=O)NCC1CCCN(c2cc(C#N)ccc2N)C1. The summed E-state index contributed by atoms with van der Waals surface area (Å²) < 4.78 is 5.27. The zero-order chi connectivity index (χ0) is 17.7. The van der Waals surface area contributed by atoms with E-state index in [4.69, 9.17) is 15.7 Å². The Morgan fingerprint density at radius 1 is 1.50 bits per heavy atom. The maximum absolute atomic E-state index is 11.8. The molecule has 0 saturated carbocycles. The number of anilines is 2. The van der Waals surface area contributed by atoms with Gasteiger partial charge in [-0.2, -0.15) is 5.26 Å². The molecule has 0 aromatic heterocycles. The van der Waals surface area contributed by atoms with Crippen LogP contribution in [0.2, 0.25) is 0 Å². The van der Waals surface area contributed by atoms with Crippen LogP contribution in [-0.2, 0) is 4.74 Å². The van der Waals surface area contributed by atoms with E-state index < -0.39 is 5.60 Å². The number of hydrogen-bond acceptors (Lipinski definition) is 5. The van der Waals surface area contributed by atoms with Gasteiger partial charge < -0.3 is 20.7 Å². The van der Waals surface area contributed by atoms with Gasteiger partial charge in [-0.05, 0) is 57.7 Å². The molecule has 1 heterocycles. The summed E-state index contributed by atoms with van der Waals surface area (Å²) in [6, 6.07) is 7.48. The van der Waals surface area contributed by atoms with Crippen molar-refractivity contribution in [1.82, 2.24) is 5.32 Å². The van der Waals surface area contributed by atoms with E-state index in [1.54, 1.807) is 12.1 Å². The molecule has 0 bridgehead atoms. The summed E-state index contributed by atoms with van der Waals surface area (Å²) in [5.41, 5.74) is 7.76. The standard InChI is InChI=1S/C18H26N4O2/c1-18(2,3)24-17(23)21-11-14-5-4-8-22(12-14)16-9-13(10-19)6-7-15(16)20/h6-7,9,14H,4-5,8,11-12,20H2,1-3H3,(H,21,23). The van der Waals surface area contributed by atoms with Crippen molar-refractivity contribution in [3.8, 4) is 6.07 Å². The molecule has 6 heteroatoms. The van der Waals surface area contributed by atoms with Gasteiger partial charge in [0.05, 0.1) is 23.0 Å². The number of nitrogen functional groups attached to an aromatic ring is 1. The molecule has 24 heavy (non-hydrogen) atoms. The fourth-order valence-electron chi connectivity index (χ4n) is 2.88. The first-order valence-corrected chi connectivity index (χ1v) is 8.30. The average Bonchev–Trinajstić information content (AvgIpc) is 2.52. The Morgan fingerprint density at radius 2 is 2.25 bits per heavy atom. The molecular weight excluding hydrogens is 304 g/mol. The number of carbonyl (C=O) groups excluding carboxylic acids is 1. The minimum Gasteiger partial charge on any atom is -0.444 e. The normalized spacial score (nSPS) is 17.9. The summed E-state index contributed by atoms with van der Waals surface area (Å²) in [6.45, 7) is 7.82. The van der Waals surface area contributed by atoms with Crippen LogP contribution in [0.1, 0.15) is 39.2 Å². The number of ether oxygens (including phenoxy) is 1. The van der Waals surface area contributed by atoms with Crippen LogP contribution in [0.15, 0.2) is 18.2 Å². The Labute approximate surface area is 143 Å². The first-order valence-electron chi connectivity index (χ1n) is 8.30. The third kappa shape index (κ3) is 5.05. The fraction of sp³-hybridized carbons (Fsp3) is 0.556. The zero-order valence-corrected chi connectivity index (χ0v) is 14.6. The molecular formula is C18H26N4O2. The molecule has 1 fully saturated rings. The molecule has 1 aliphatic heterocycles. The lowest BCUT2D eigenvalue weighted by Gasteiger charge is -2.35. The lowest BCUT2D eigenvalue weighted by molar-refractivity contribution is 0.0517. The van der Waals surface area contributed by atoms with Gasteiger partial charge in [0, 0.05) is 19.6 Å². The Balaban J connectivity index is 1.95. The van der Waals surface area contributed by atoms with Gasteiger partial charge in [0.1, 0.15) is 5.60 Å². The second kappa shape index (κ2) is 7.43. The van der Waals surface area contributed by atoms with E-state index in [-0.39, 0.29) is 6.09 Å². The van der Waals surface area contributed by atoms with Crippen LogP contribution in [0.4, 0.5) is 16.2 Å². The van der Waals surface area contributed by atoms with Crippen LogP contribution in [0.25, 0.3) is 0 Å². The number of nitrogens with one attached hydrogen (secondary N) is 1. The molecule has 2 rings (SSSR count). The minimum absolute atomic E-state index is 0.330. The van der Waals surface area contributed by atoms with Crippen LogP contribution in [0.5, 0.6) is 0 Å². The molecule has 130 valence electrons. The highest BCUT2D eigenvalue weighted by Gasteiger charge is 2.23. The van der Waals surface area contributed by atoms with Crippen molar-refractivity contribution in [2.45, 2.75) is 39.2 Å². The molecule has 0 radical (unpaired) electrons. The van der Waals surface area contributed by atoms with Crippen molar-refractivity contribution >= 4 is 17.5 Å². The molecule has 1 unspecified atom stereocenters. The van der Waals surface area contributed by atoms with E-state index in [1.165, 1.54) is 0 Å². The van der Waals surface area contributed by atoms with Crippen molar-refractivity contribution in [3.63, 3.8) is 0 Å². The third-order valence-electron chi connectivity index (χ3n) is 3.95. The van der Waals surface area contributed by atoms with Gasteiger partial charge in [0.15, 0.2) is 0 Å². The smallest absolute Gasteiger partial charge is 0.407 e. The van der Waals surface area contributed by atoms with E-state index in [0.717, 1.165) is 31.6 Å². The summed E-state index contributed by atoms with van der Waals surface area (Å²) in [4.78, 5) is 14.0. The number of piperidine rings is 1. The first kappa shape index (κ1) is 17.9. The highest BCUT2D eigenvalue weighted by atomic mass is 16.6. The third-order valence-corrected chi connectivity index (χ3v) is 3.95. The van der Waals surface area contributed by atoms with Gasteiger partial charge in [0.25, 0.3) is 0 Å². The lowest BCUT2D eigenvalue weighted by Crippen LogP contribution is -2.42. The van der Waals surface area contributed by atoms with Crippen molar-refractivity contribution < 1.29 is 9.53 Å². The predicted molar refractivity (Wildman–Crippen MR) is 94.7 cm³/mol. The molecule has 1 aromatic carbocycles. The maximum Gasteiger partial charge on any atom is 0.407 e. The summed E-state index contributed by atoms with van der Waals surface area (Å²) in [6.07, 6.45) is 1.69. The highest BCUT2D eigenvalue weighted by Crippen LogP contribution is 2.29. The Bertz CT molecular complexity index is 631. The molecule has 3 N–H and O–H groups in total. The summed E-state index contributed by atoms with van der Waals surface area (Å²) >= 11 is 0. The second-order valence-electron chi connectivity index (χ2n) is 7.22. The molecule has 1 atom stereocenters. The summed E-state index contributed by atoms with van der Waals surface area (Å²) in [7, 11) is 0. The van der Waals surface area contributed by atoms with Gasteiger partial charge in [-0.1, -0.05) is 0 Å². The van der Waals surface area contributed by atoms with Crippen LogP contribution in [0, 0.1) is 17.2 Å². The van der Waals surface area contributed by atoms with Gasteiger partial charge in [0.2, 0.25) is 0 Å². The molecule has 1 saturated heterocycles. The molecule has 1 amide bonds. The van der Waals surface area contributed by atoms with Gasteiger partial charge >= 0.3 is 6.09 Å². The second-order valence-corrected chi connectivity index (χ2v) is 7.22. The quantitative estimate of drug-likeness (QED) is 0.832. The largest absolute Gasteiger partial charge is 0.444 e. The summed E-state index contributed by atoms with van der Waals surface area (Å²) in [5, 5.41) is 11.9. The number of alkyl carbamates (subject to hydrolysis) is 1. The lowest BCUT2D eigenvalue weighted by atomic mass is 9.97. The molecule has 1 aromatic rings. The summed E-state index contributed by atoms with van der Waals surface area (Å²) in [5.74, 6) is 0.330. The van der Waals surface area contributed by atoms with Crippen LogP contribution >= 0.6 is 0 Å². The Hall–Kier alpha value is -2.42. The van der Waals surface area contributed by atoms with Crippen molar-refractivity contribution in [1.29, 1.82) is 5.26 Å². The van der Waals surface area contributed by atoms with Crippen molar-refractivity contribution in [3.05, 3.63) is 23.8 Å². The predicted octanol–water partition coefficient (Wildman–Crippen LogP) is 2.88. The highest BCUT2D eigenvalue weighted by molar-refractivity contribution is 5.70. The van der Waals surface area contributed by atoms with E-state index >= 15 is 0 Å². The van der Waals surface area contributed by atoms with E-state index in [1.807, 2.05) is 26.8 Å². The first-order chi connectivity index (χ1) is 11.3. The Kier molecular flexibility index (Phi) is 5.55. The average molecular weight is 330 g/mol. The van der Waals surface area contributed by atoms with Crippen molar-refractivity contribution in [2.24, 2.45) is 5.92 Å². The number of benzene rings is 1. The van der Waals surface area contributed by atoms with Gasteiger partial charge in [-0.3, -0.25) is 0 Å². The number of nitriles is 1. The maximum atomic E-state index is 11.8.